The highest BCUT2D eigenvalue weighted by molar-refractivity contribution is 7.98. The number of allylic oxidation sites excluding steroid dienone is 1. The summed E-state index contributed by atoms with van der Waals surface area (Å²) in [6.45, 7) is 4.36. The zero-order valence-corrected chi connectivity index (χ0v) is 13.1. The minimum Gasteiger partial charge on any atom is -0.420 e. The molecule has 0 saturated heterocycles. The molecule has 0 aliphatic rings. The summed E-state index contributed by atoms with van der Waals surface area (Å²) in [6.07, 6.45) is 3.45. The molecule has 0 amide bonds. The van der Waals surface area contributed by atoms with Gasteiger partial charge in [-0.1, -0.05) is 29.4 Å². The predicted molar refractivity (Wildman–Crippen MR) is 84.5 cm³/mol. The second kappa shape index (κ2) is 6.76. The summed E-state index contributed by atoms with van der Waals surface area (Å²) in [7, 11) is 0. The Labute approximate surface area is 136 Å². The lowest BCUT2D eigenvalue weighted by molar-refractivity contribution is 0.528. The number of thioether (sulfide) groups is 1. The van der Waals surface area contributed by atoms with Gasteiger partial charge in [0.15, 0.2) is 5.16 Å². The van der Waals surface area contributed by atoms with E-state index in [0.717, 1.165) is 10.7 Å². The van der Waals surface area contributed by atoms with Gasteiger partial charge in [-0.3, -0.25) is 0 Å². The largest absolute Gasteiger partial charge is 0.420 e. The molecule has 0 radical (unpaired) electrons. The van der Waals surface area contributed by atoms with Gasteiger partial charge in [0, 0.05) is 17.1 Å². The van der Waals surface area contributed by atoms with Crippen LogP contribution in [0.3, 0.4) is 0 Å². The Hall–Kier alpha value is -2.12. The molecular weight excluding hydrogens is 322 g/mol. The number of aromatic nitrogens is 5. The van der Waals surface area contributed by atoms with E-state index in [4.69, 9.17) is 16.0 Å². The zero-order chi connectivity index (χ0) is 15.4. The van der Waals surface area contributed by atoms with Crippen molar-refractivity contribution in [2.45, 2.75) is 17.5 Å². The first kappa shape index (κ1) is 14.8. The molecule has 3 aromatic rings. The number of rotatable bonds is 6. The van der Waals surface area contributed by atoms with Crippen LogP contribution in [0.25, 0.3) is 11.5 Å². The van der Waals surface area contributed by atoms with Crippen molar-refractivity contribution in [3.63, 3.8) is 0 Å². The second-order valence-corrected chi connectivity index (χ2v) is 5.73. The first-order chi connectivity index (χ1) is 10.8. The Morgan fingerprint density at radius 3 is 2.82 bits per heavy atom. The van der Waals surface area contributed by atoms with Gasteiger partial charge in [-0.05, 0) is 24.3 Å². The van der Waals surface area contributed by atoms with Gasteiger partial charge in [0.25, 0.3) is 0 Å². The first-order valence-corrected chi connectivity index (χ1v) is 7.82. The summed E-state index contributed by atoms with van der Waals surface area (Å²) >= 11 is 7.34. The molecule has 0 saturated carbocycles. The average molecular weight is 334 g/mol. The Morgan fingerprint density at radius 2 is 2.05 bits per heavy atom. The highest BCUT2D eigenvalue weighted by Crippen LogP contribution is 2.24. The topological polar surface area (TPSA) is 69.6 Å². The van der Waals surface area contributed by atoms with Gasteiger partial charge in [-0.15, -0.1) is 27.0 Å². The molecule has 0 fully saturated rings. The Morgan fingerprint density at radius 1 is 1.23 bits per heavy atom. The van der Waals surface area contributed by atoms with E-state index >= 15 is 0 Å². The standard InChI is InChI=1S/C14H12ClN5OS/c1-2-7-20-9-16-19-14(20)22-8-12-17-18-13(21-12)10-3-5-11(15)6-4-10/h2-6,9H,1,7-8H2. The maximum absolute atomic E-state index is 5.86. The minimum atomic E-state index is 0.472. The second-order valence-electron chi connectivity index (χ2n) is 4.35. The van der Waals surface area contributed by atoms with E-state index in [2.05, 4.69) is 27.0 Å². The molecule has 6 nitrogen and oxygen atoms in total. The molecule has 2 heterocycles. The van der Waals surface area contributed by atoms with E-state index in [1.165, 1.54) is 11.8 Å². The van der Waals surface area contributed by atoms with Gasteiger partial charge >= 0.3 is 0 Å². The molecule has 2 aromatic heterocycles. The van der Waals surface area contributed by atoms with Crippen LogP contribution in [0.1, 0.15) is 5.89 Å². The predicted octanol–water partition coefficient (Wildman–Crippen LogP) is 3.46. The number of benzene rings is 1. The number of halogens is 1. The quantitative estimate of drug-likeness (QED) is 0.508. The van der Waals surface area contributed by atoms with Crippen molar-refractivity contribution in [2.75, 3.05) is 0 Å². The molecule has 112 valence electrons. The van der Waals surface area contributed by atoms with Crippen LogP contribution < -0.4 is 0 Å². The van der Waals surface area contributed by atoms with E-state index in [0.29, 0.717) is 29.1 Å². The minimum absolute atomic E-state index is 0.472. The fourth-order valence-electron chi connectivity index (χ4n) is 1.77. The molecule has 3 rings (SSSR count). The molecule has 0 aliphatic carbocycles. The van der Waals surface area contributed by atoms with Crippen molar-refractivity contribution in [2.24, 2.45) is 0 Å². The van der Waals surface area contributed by atoms with Crippen LogP contribution in [0.2, 0.25) is 5.02 Å². The SMILES string of the molecule is C=CCn1cnnc1SCc1nnc(-c2ccc(Cl)cc2)o1. The highest BCUT2D eigenvalue weighted by Gasteiger charge is 2.11. The van der Waals surface area contributed by atoms with E-state index in [-0.39, 0.29) is 0 Å². The first-order valence-electron chi connectivity index (χ1n) is 6.46. The smallest absolute Gasteiger partial charge is 0.247 e. The van der Waals surface area contributed by atoms with Crippen LogP contribution >= 0.6 is 23.4 Å². The van der Waals surface area contributed by atoms with Crippen molar-refractivity contribution in [1.29, 1.82) is 0 Å². The average Bonchev–Trinajstić information content (AvgIpc) is 3.16. The van der Waals surface area contributed by atoms with Crippen molar-refractivity contribution >= 4 is 23.4 Å². The van der Waals surface area contributed by atoms with Crippen LogP contribution in [-0.4, -0.2) is 25.0 Å². The van der Waals surface area contributed by atoms with E-state index < -0.39 is 0 Å². The Bertz CT molecular complexity index is 768. The molecule has 22 heavy (non-hydrogen) atoms. The fourth-order valence-corrected chi connectivity index (χ4v) is 2.66. The number of hydrogen-bond acceptors (Lipinski definition) is 6. The Kier molecular flexibility index (Phi) is 4.55. The van der Waals surface area contributed by atoms with Gasteiger partial charge < -0.3 is 8.98 Å². The van der Waals surface area contributed by atoms with Gasteiger partial charge in [0.2, 0.25) is 11.8 Å². The van der Waals surface area contributed by atoms with Gasteiger partial charge in [-0.25, -0.2) is 0 Å². The van der Waals surface area contributed by atoms with E-state index in [1.54, 1.807) is 24.5 Å². The van der Waals surface area contributed by atoms with Gasteiger partial charge in [0.1, 0.15) is 6.33 Å². The third-order valence-corrected chi connectivity index (χ3v) is 4.01. The van der Waals surface area contributed by atoms with Crippen molar-refractivity contribution < 1.29 is 4.42 Å². The third-order valence-electron chi connectivity index (χ3n) is 2.79. The molecule has 0 aliphatic heterocycles. The van der Waals surface area contributed by atoms with Gasteiger partial charge in [0.05, 0.1) is 5.75 Å². The normalized spacial score (nSPS) is 10.8. The van der Waals surface area contributed by atoms with Crippen molar-refractivity contribution in [1.82, 2.24) is 25.0 Å². The highest BCUT2D eigenvalue weighted by atomic mass is 35.5. The number of nitrogens with zero attached hydrogens (tertiary/aromatic N) is 5. The monoisotopic (exact) mass is 333 g/mol. The summed E-state index contributed by atoms with van der Waals surface area (Å²) < 4.78 is 7.54. The molecule has 0 spiro atoms. The summed E-state index contributed by atoms with van der Waals surface area (Å²) in [6, 6.07) is 7.25. The number of hydrogen-bond donors (Lipinski definition) is 0. The fraction of sp³-hybridized carbons (Fsp3) is 0.143. The lowest BCUT2D eigenvalue weighted by Gasteiger charge is -2.00. The summed E-state index contributed by atoms with van der Waals surface area (Å²) in [4.78, 5) is 0. The summed E-state index contributed by atoms with van der Waals surface area (Å²) in [5.41, 5.74) is 0.836. The maximum atomic E-state index is 5.86. The summed E-state index contributed by atoms with van der Waals surface area (Å²) in [5.74, 6) is 1.53. The van der Waals surface area contributed by atoms with E-state index in [9.17, 15) is 0 Å². The molecule has 0 bridgehead atoms. The van der Waals surface area contributed by atoms with Crippen LogP contribution in [0.4, 0.5) is 0 Å². The van der Waals surface area contributed by atoms with Crippen LogP contribution in [0.15, 0.2) is 52.8 Å². The van der Waals surface area contributed by atoms with Gasteiger partial charge in [-0.2, -0.15) is 0 Å². The van der Waals surface area contributed by atoms with Crippen LogP contribution in [0, 0.1) is 0 Å². The molecule has 1 aromatic carbocycles. The van der Waals surface area contributed by atoms with E-state index in [1.807, 2.05) is 16.7 Å². The maximum Gasteiger partial charge on any atom is 0.247 e. The van der Waals surface area contributed by atoms with Crippen LogP contribution in [0.5, 0.6) is 0 Å². The molecule has 8 heteroatoms. The lowest BCUT2D eigenvalue weighted by Crippen LogP contribution is -1.95. The third kappa shape index (κ3) is 3.37. The molecule has 0 N–H and O–H groups in total. The molecule has 0 atom stereocenters. The Balaban J connectivity index is 1.68. The summed E-state index contributed by atoms with van der Waals surface area (Å²) in [5, 5.41) is 17.5. The molecule has 0 unspecified atom stereocenters. The lowest BCUT2D eigenvalue weighted by atomic mass is 10.2. The zero-order valence-electron chi connectivity index (χ0n) is 11.5. The van der Waals surface area contributed by atoms with Crippen molar-refractivity contribution in [3.8, 4) is 11.5 Å². The van der Waals surface area contributed by atoms with Crippen molar-refractivity contribution in [3.05, 3.63) is 54.2 Å². The molecular formula is C14H12ClN5OS. The van der Waals surface area contributed by atoms with Crippen LogP contribution in [-0.2, 0) is 12.3 Å².